The Morgan fingerprint density at radius 2 is 2.04 bits per heavy atom. The van der Waals surface area contributed by atoms with E-state index < -0.39 is 0 Å². The summed E-state index contributed by atoms with van der Waals surface area (Å²) in [4.78, 5) is 16.9. The Morgan fingerprint density at radius 1 is 1.14 bits per heavy atom. The van der Waals surface area contributed by atoms with Gasteiger partial charge >= 0.3 is 0 Å². The highest BCUT2D eigenvalue weighted by Gasteiger charge is 2.21. The van der Waals surface area contributed by atoms with Gasteiger partial charge in [0, 0.05) is 17.0 Å². The Morgan fingerprint density at radius 3 is 2.93 bits per heavy atom. The second-order valence-electron chi connectivity index (χ2n) is 7.45. The lowest BCUT2D eigenvalue weighted by Gasteiger charge is -2.09. The number of thiophene rings is 1. The summed E-state index contributed by atoms with van der Waals surface area (Å²) in [5.41, 5.74) is 5.51. The maximum absolute atomic E-state index is 4.93. The molecule has 0 amide bonds. The summed E-state index contributed by atoms with van der Waals surface area (Å²) in [7, 11) is 0. The quantitative estimate of drug-likeness (QED) is 0.445. The van der Waals surface area contributed by atoms with Crippen molar-refractivity contribution in [2.24, 2.45) is 0 Å². The Labute approximate surface area is 165 Å². The molecule has 0 unspecified atom stereocenters. The minimum Gasteiger partial charge on any atom is -0.329 e. The third kappa shape index (κ3) is 2.19. The van der Waals surface area contributed by atoms with Crippen LogP contribution in [0.1, 0.15) is 36.0 Å². The zero-order valence-electron chi connectivity index (χ0n) is 15.9. The van der Waals surface area contributed by atoms with Crippen LogP contribution < -0.4 is 0 Å². The van der Waals surface area contributed by atoms with Crippen LogP contribution in [0.2, 0.25) is 0 Å². The summed E-state index contributed by atoms with van der Waals surface area (Å²) < 4.78 is 4.06. The van der Waals surface area contributed by atoms with E-state index in [1.807, 2.05) is 15.9 Å². The lowest BCUT2D eigenvalue weighted by Crippen LogP contribution is -1.99. The lowest BCUT2D eigenvalue weighted by molar-refractivity contribution is 0.700. The molecule has 5 aromatic rings. The number of benzene rings is 1. The summed E-state index contributed by atoms with van der Waals surface area (Å²) in [6.45, 7) is 5.11. The molecule has 28 heavy (non-hydrogen) atoms. The highest BCUT2D eigenvalue weighted by atomic mass is 32.1. The van der Waals surface area contributed by atoms with Crippen LogP contribution in [0.25, 0.3) is 38.3 Å². The molecule has 1 aliphatic rings. The third-order valence-corrected chi connectivity index (χ3v) is 7.01. The van der Waals surface area contributed by atoms with Gasteiger partial charge in [-0.1, -0.05) is 0 Å². The fourth-order valence-corrected chi connectivity index (χ4v) is 5.69. The Bertz CT molecular complexity index is 1370. The first kappa shape index (κ1) is 16.2. The van der Waals surface area contributed by atoms with Crippen LogP contribution >= 0.6 is 11.3 Å². The molecule has 6 nitrogen and oxygen atoms in total. The molecule has 0 saturated heterocycles. The van der Waals surface area contributed by atoms with E-state index in [0.717, 1.165) is 51.7 Å². The van der Waals surface area contributed by atoms with Crippen molar-refractivity contribution in [2.75, 3.05) is 0 Å². The van der Waals surface area contributed by atoms with Crippen molar-refractivity contribution in [3.63, 3.8) is 0 Å². The van der Waals surface area contributed by atoms with Crippen LogP contribution in [0.15, 0.2) is 24.5 Å². The van der Waals surface area contributed by atoms with E-state index in [0.29, 0.717) is 0 Å². The summed E-state index contributed by atoms with van der Waals surface area (Å²) in [5, 5.41) is 5.93. The first-order valence-electron chi connectivity index (χ1n) is 9.86. The van der Waals surface area contributed by atoms with Gasteiger partial charge in [0.1, 0.15) is 17.0 Å². The van der Waals surface area contributed by atoms with Crippen molar-refractivity contribution >= 4 is 38.2 Å². The predicted octanol–water partition coefficient (Wildman–Crippen LogP) is 4.56. The number of aryl methyl sites for hydroxylation is 4. The number of rotatable bonds is 2. The molecule has 0 aliphatic heterocycles. The van der Waals surface area contributed by atoms with Crippen molar-refractivity contribution < 1.29 is 0 Å². The number of hydrogen-bond donors (Lipinski definition) is 0. The summed E-state index contributed by atoms with van der Waals surface area (Å²) in [6, 6.07) is 6.31. The van der Waals surface area contributed by atoms with E-state index in [1.54, 1.807) is 6.33 Å². The van der Waals surface area contributed by atoms with Gasteiger partial charge in [0.15, 0.2) is 11.5 Å². The lowest BCUT2D eigenvalue weighted by atomic mass is 9.97. The van der Waals surface area contributed by atoms with E-state index in [2.05, 4.69) is 41.6 Å². The Hall–Kier alpha value is -2.80. The fraction of sp³-hybridized carbons (Fsp3) is 0.333. The fourth-order valence-electron chi connectivity index (χ4n) is 4.47. The number of imidazole rings is 1. The SMILES string of the molecule is CCn1c(C)nc2cc(-c3nc4c5c6c(sc5ncn4n3)CCCC6)ccc21. The standard InChI is InChI=1S/C21H20N6S/c1-3-26-12(2)23-15-10-13(8-9-16(15)26)19-24-20-18-14-6-4-5-7-17(14)28-21(18)22-11-27(20)25-19/h8-11H,3-7H2,1-2H3. The van der Waals surface area contributed by atoms with Gasteiger partial charge in [0.2, 0.25) is 0 Å². The maximum Gasteiger partial charge on any atom is 0.182 e. The van der Waals surface area contributed by atoms with E-state index >= 15 is 0 Å². The van der Waals surface area contributed by atoms with E-state index in [9.17, 15) is 0 Å². The van der Waals surface area contributed by atoms with Crippen molar-refractivity contribution in [3.8, 4) is 11.4 Å². The molecule has 0 atom stereocenters. The van der Waals surface area contributed by atoms with Gasteiger partial charge < -0.3 is 4.57 Å². The van der Waals surface area contributed by atoms with Gasteiger partial charge in [0.25, 0.3) is 0 Å². The number of aromatic nitrogens is 6. The van der Waals surface area contributed by atoms with Gasteiger partial charge in [-0.3, -0.25) is 0 Å². The Kier molecular flexibility index (Phi) is 3.38. The molecule has 0 spiro atoms. The van der Waals surface area contributed by atoms with Gasteiger partial charge in [-0.05, 0) is 63.3 Å². The molecule has 4 heterocycles. The van der Waals surface area contributed by atoms with Gasteiger partial charge in [0.05, 0.1) is 16.4 Å². The second-order valence-corrected chi connectivity index (χ2v) is 8.53. The third-order valence-electron chi connectivity index (χ3n) is 5.81. The number of fused-ring (bicyclic) bond motifs is 6. The maximum atomic E-state index is 4.93. The molecule has 0 bridgehead atoms. The van der Waals surface area contributed by atoms with Crippen LogP contribution in [-0.2, 0) is 19.4 Å². The predicted molar refractivity (Wildman–Crippen MR) is 112 cm³/mol. The van der Waals surface area contributed by atoms with Crippen molar-refractivity contribution in [1.29, 1.82) is 0 Å². The highest BCUT2D eigenvalue weighted by molar-refractivity contribution is 7.19. The molecule has 0 N–H and O–H groups in total. The molecular weight excluding hydrogens is 368 g/mol. The van der Waals surface area contributed by atoms with Crippen LogP contribution in [0.3, 0.4) is 0 Å². The van der Waals surface area contributed by atoms with Gasteiger partial charge in [-0.2, -0.15) is 0 Å². The van der Waals surface area contributed by atoms with Crippen molar-refractivity contribution in [1.82, 2.24) is 29.1 Å². The molecule has 0 saturated carbocycles. The molecule has 0 fully saturated rings. The normalized spacial score (nSPS) is 14.4. The average molecular weight is 389 g/mol. The Balaban J connectivity index is 1.56. The molecule has 6 rings (SSSR count). The highest BCUT2D eigenvalue weighted by Crippen LogP contribution is 2.37. The molecule has 7 heteroatoms. The molecular formula is C21H20N6S. The molecule has 140 valence electrons. The molecule has 1 aliphatic carbocycles. The minimum atomic E-state index is 0.732. The van der Waals surface area contributed by atoms with Gasteiger partial charge in [-0.25, -0.2) is 19.5 Å². The summed E-state index contributed by atoms with van der Waals surface area (Å²) in [6.07, 6.45) is 6.61. The van der Waals surface area contributed by atoms with Crippen molar-refractivity contribution in [3.05, 3.63) is 40.8 Å². The first-order chi connectivity index (χ1) is 13.7. The minimum absolute atomic E-state index is 0.732. The molecule has 1 aromatic carbocycles. The van der Waals surface area contributed by atoms with Crippen LogP contribution in [-0.4, -0.2) is 29.1 Å². The number of nitrogens with zero attached hydrogens (tertiary/aromatic N) is 6. The summed E-state index contributed by atoms with van der Waals surface area (Å²) >= 11 is 1.82. The van der Waals surface area contributed by atoms with Crippen LogP contribution in [0.5, 0.6) is 0 Å². The van der Waals surface area contributed by atoms with Crippen LogP contribution in [0.4, 0.5) is 0 Å². The monoisotopic (exact) mass is 388 g/mol. The van der Waals surface area contributed by atoms with Gasteiger partial charge in [-0.15, -0.1) is 16.4 Å². The smallest absolute Gasteiger partial charge is 0.182 e. The molecule has 0 radical (unpaired) electrons. The van der Waals surface area contributed by atoms with Crippen LogP contribution in [0, 0.1) is 6.92 Å². The van der Waals surface area contributed by atoms with E-state index in [-0.39, 0.29) is 0 Å². The zero-order valence-corrected chi connectivity index (χ0v) is 16.8. The topological polar surface area (TPSA) is 60.9 Å². The zero-order chi connectivity index (χ0) is 18.8. The first-order valence-corrected chi connectivity index (χ1v) is 10.7. The summed E-state index contributed by atoms with van der Waals surface area (Å²) in [5.74, 6) is 1.77. The number of hydrogen-bond acceptors (Lipinski definition) is 5. The van der Waals surface area contributed by atoms with E-state index in [1.165, 1.54) is 35.1 Å². The largest absolute Gasteiger partial charge is 0.329 e. The average Bonchev–Trinajstić information content (AvgIpc) is 3.38. The molecule has 4 aromatic heterocycles. The van der Waals surface area contributed by atoms with E-state index in [4.69, 9.17) is 15.1 Å². The van der Waals surface area contributed by atoms with Crippen molar-refractivity contribution in [2.45, 2.75) is 46.1 Å². The second kappa shape index (κ2) is 5.85.